The highest BCUT2D eigenvalue weighted by molar-refractivity contribution is 5.59. The summed E-state index contributed by atoms with van der Waals surface area (Å²) in [4.78, 5) is 0. The molecular weight excluding hydrogens is 198 g/mol. The Bertz CT molecular complexity index is 506. The lowest BCUT2D eigenvalue weighted by Crippen LogP contribution is -1.97. The molecule has 16 heavy (non-hydrogen) atoms. The zero-order chi connectivity index (χ0) is 11.5. The molecule has 0 spiro atoms. The summed E-state index contributed by atoms with van der Waals surface area (Å²) < 4.78 is 0. The molecule has 2 rings (SSSR count). The number of nitrogen functional groups attached to an aromatic ring is 1. The van der Waals surface area contributed by atoms with E-state index in [2.05, 4.69) is 19.1 Å². The Morgan fingerprint density at radius 1 is 1.00 bits per heavy atom. The van der Waals surface area contributed by atoms with Crippen molar-refractivity contribution in [3.63, 3.8) is 0 Å². The van der Waals surface area contributed by atoms with Gasteiger partial charge in [-0.05, 0) is 36.1 Å². The first-order valence-electron chi connectivity index (χ1n) is 5.29. The Balaban J connectivity index is 2.35. The number of para-hydroxylation sites is 1. The fraction of sp³-hybridized carbons (Fsp3) is 0.143. The highest BCUT2D eigenvalue weighted by Gasteiger charge is 2.05. The van der Waals surface area contributed by atoms with E-state index in [1.807, 2.05) is 24.3 Å². The number of aryl methyl sites for hydroxylation is 1. The molecule has 82 valence electrons. The van der Waals surface area contributed by atoms with Crippen LogP contribution in [0.15, 0.2) is 42.5 Å². The summed E-state index contributed by atoms with van der Waals surface area (Å²) in [5.41, 5.74) is 9.75. The van der Waals surface area contributed by atoms with Gasteiger partial charge in [0.15, 0.2) is 0 Å². The fourth-order valence-electron chi connectivity index (χ4n) is 1.77. The van der Waals surface area contributed by atoms with Crippen LogP contribution in [0.25, 0.3) is 0 Å². The van der Waals surface area contributed by atoms with E-state index in [4.69, 9.17) is 5.73 Å². The Hall–Kier alpha value is -1.96. The molecule has 0 unspecified atom stereocenters. The molecule has 0 aromatic heterocycles. The predicted octanol–water partition coefficient (Wildman–Crippen LogP) is 2.87. The van der Waals surface area contributed by atoms with Crippen LogP contribution in [-0.4, -0.2) is 5.11 Å². The van der Waals surface area contributed by atoms with E-state index < -0.39 is 0 Å². The van der Waals surface area contributed by atoms with Gasteiger partial charge >= 0.3 is 0 Å². The van der Waals surface area contributed by atoms with Crippen molar-refractivity contribution in [2.24, 2.45) is 0 Å². The van der Waals surface area contributed by atoms with Gasteiger partial charge in [0.05, 0.1) is 5.69 Å². The Kier molecular flexibility index (Phi) is 2.82. The predicted molar refractivity (Wildman–Crippen MR) is 66.5 cm³/mol. The van der Waals surface area contributed by atoms with E-state index in [0.29, 0.717) is 5.69 Å². The minimum atomic E-state index is 0.158. The van der Waals surface area contributed by atoms with Crippen LogP contribution in [0.2, 0.25) is 0 Å². The molecule has 0 bridgehead atoms. The van der Waals surface area contributed by atoms with Gasteiger partial charge in [0.25, 0.3) is 0 Å². The summed E-state index contributed by atoms with van der Waals surface area (Å²) >= 11 is 0. The van der Waals surface area contributed by atoms with E-state index in [9.17, 15) is 5.11 Å². The highest BCUT2D eigenvalue weighted by atomic mass is 16.3. The minimum Gasteiger partial charge on any atom is -0.506 e. The van der Waals surface area contributed by atoms with Gasteiger partial charge in [0.1, 0.15) is 5.75 Å². The molecule has 0 heterocycles. The first kappa shape index (κ1) is 10.6. The molecule has 0 aliphatic rings. The summed E-state index contributed by atoms with van der Waals surface area (Å²) in [5, 5.41) is 9.52. The van der Waals surface area contributed by atoms with E-state index in [1.54, 1.807) is 6.07 Å². The second kappa shape index (κ2) is 4.27. The normalized spacial score (nSPS) is 10.3. The molecule has 2 nitrogen and oxygen atoms in total. The lowest BCUT2D eigenvalue weighted by molar-refractivity contribution is 0.477. The number of aromatic hydroxyl groups is 1. The van der Waals surface area contributed by atoms with Crippen LogP contribution >= 0.6 is 0 Å². The van der Waals surface area contributed by atoms with Gasteiger partial charge in [-0.15, -0.1) is 0 Å². The molecule has 0 saturated heterocycles. The second-order valence-electron chi connectivity index (χ2n) is 3.95. The molecule has 0 atom stereocenters. The third-order valence-corrected chi connectivity index (χ3v) is 2.82. The van der Waals surface area contributed by atoms with Crippen LogP contribution in [0.5, 0.6) is 5.75 Å². The smallest absolute Gasteiger partial charge is 0.138 e. The van der Waals surface area contributed by atoms with Gasteiger partial charge in [-0.2, -0.15) is 0 Å². The van der Waals surface area contributed by atoms with Crippen molar-refractivity contribution in [1.82, 2.24) is 0 Å². The Morgan fingerprint density at radius 3 is 2.44 bits per heavy atom. The van der Waals surface area contributed by atoms with Crippen LogP contribution in [-0.2, 0) is 6.42 Å². The van der Waals surface area contributed by atoms with Gasteiger partial charge < -0.3 is 10.8 Å². The van der Waals surface area contributed by atoms with Gasteiger partial charge in [-0.1, -0.05) is 36.4 Å². The zero-order valence-electron chi connectivity index (χ0n) is 9.27. The molecule has 0 saturated carbocycles. The number of phenols is 1. The Labute approximate surface area is 95.4 Å². The van der Waals surface area contributed by atoms with Crippen molar-refractivity contribution >= 4 is 5.69 Å². The second-order valence-corrected chi connectivity index (χ2v) is 3.95. The van der Waals surface area contributed by atoms with Crippen LogP contribution in [0.3, 0.4) is 0 Å². The number of phenolic OH excluding ortho intramolecular Hbond substituents is 1. The number of hydrogen-bond donors (Lipinski definition) is 2. The topological polar surface area (TPSA) is 46.2 Å². The quantitative estimate of drug-likeness (QED) is 0.595. The van der Waals surface area contributed by atoms with Gasteiger partial charge in [0.2, 0.25) is 0 Å². The molecule has 0 aliphatic carbocycles. The van der Waals surface area contributed by atoms with E-state index >= 15 is 0 Å². The lowest BCUT2D eigenvalue weighted by atomic mass is 9.99. The molecular formula is C14H15NO. The number of nitrogens with two attached hydrogens (primary N) is 1. The van der Waals surface area contributed by atoms with Crippen LogP contribution < -0.4 is 5.73 Å². The molecule has 2 aromatic rings. The first-order chi connectivity index (χ1) is 7.68. The number of hydrogen-bond acceptors (Lipinski definition) is 2. The standard InChI is InChI=1S/C14H15NO/c1-10-5-2-3-6-11(10)9-12-7-4-8-13(16)14(12)15/h2-8,16H,9,15H2,1H3. The third-order valence-electron chi connectivity index (χ3n) is 2.82. The molecule has 3 N–H and O–H groups in total. The maximum absolute atomic E-state index is 9.52. The highest BCUT2D eigenvalue weighted by Crippen LogP contribution is 2.26. The molecule has 2 aromatic carbocycles. The van der Waals surface area contributed by atoms with Crippen molar-refractivity contribution < 1.29 is 5.11 Å². The van der Waals surface area contributed by atoms with Crippen LogP contribution in [0, 0.1) is 6.92 Å². The average molecular weight is 213 g/mol. The molecule has 2 heteroatoms. The maximum Gasteiger partial charge on any atom is 0.138 e. The fourth-order valence-corrected chi connectivity index (χ4v) is 1.77. The van der Waals surface area contributed by atoms with Crippen molar-refractivity contribution in [3.05, 3.63) is 59.2 Å². The van der Waals surface area contributed by atoms with E-state index in [-0.39, 0.29) is 5.75 Å². The van der Waals surface area contributed by atoms with E-state index in [1.165, 1.54) is 11.1 Å². The van der Waals surface area contributed by atoms with Crippen molar-refractivity contribution in [2.75, 3.05) is 5.73 Å². The Morgan fingerprint density at radius 2 is 1.69 bits per heavy atom. The third kappa shape index (κ3) is 2.01. The summed E-state index contributed by atoms with van der Waals surface area (Å²) in [6.07, 6.45) is 0.757. The minimum absolute atomic E-state index is 0.158. The number of benzene rings is 2. The lowest BCUT2D eigenvalue weighted by Gasteiger charge is -2.09. The van der Waals surface area contributed by atoms with Crippen LogP contribution in [0.4, 0.5) is 5.69 Å². The van der Waals surface area contributed by atoms with Crippen LogP contribution in [0.1, 0.15) is 16.7 Å². The van der Waals surface area contributed by atoms with Gasteiger partial charge in [-0.3, -0.25) is 0 Å². The summed E-state index contributed by atoms with van der Waals surface area (Å²) in [7, 11) is 0. The SMILES string of the molecule is Cc1ccccc1Cc1cccc(O)c1N. The van der Waals surface area contributed by atoms with E-state index in [0.717, 1.165) is 12.0 Å². The molecule has 0 radical (unpaired) electrons. The van der Waals surface area contributed by atoms with Crippen molar-refractivity contribution in [1.29, 1.82) is 0 Å². The molecule has 0 fully saturated rings. The van der Waals surface area contributed by atoms with Crippen molar-refractivity contribution in [2.45, 2.75) is 13.3 Å². The maximum atomic E-state index is 9.52. The zero-order valence-corrected chi connectivity index (χ0v) is 9.27. The van der Waals surface area contributed by atoms with Crippen molar-refractivity contribution in [3.8, 4) is 5.75 Å². The number of anilines is 1. The largest absolute Gasteiger partial charge is 0.506 e. The number of rotatable bonds is 2. The molecule has 0 aliphatic heterocycles. The molecule has 0 amide bonds. The first-order valence-corrected chi connectivity index (χ1v) is 5.29. The summed E-state index contributed by atoms with van der Waals surface area (Å²) in [5.74, 6) is 0.158. The monoisotopic (exact) mass is 213 g/mol. The van der Waals surface area contributed by atoms with Gasteiger partial charge in [0, 0.05) is 0 Å². The summed E-state index contributed by atoms with van der Waals surface area (Å²) in [6, 6.07) is 13.6. The summed E-state index contributed by atoms with van der Waals surface area (Å²) in [6.45, 7) is 2.08. The van der Waals surface area contributed by atoms with Gasteiger partial charge in [-0.25, -0.2) is 0 Å². The average Bonchev–Trinajstić information content (AvgIpc) is 2.28.